The minimum Gasteiger partial charge on any atom is -0.437 e. The van der Waals surface area contributed by atoms with Crippen LogP contribution in [0.1, 0.15) is 30.9 Å². The summed E-state index contributed by atoms with van der Waals surface area (Å²) in [7, 11) is 0. The fourth-order valence-corrected chi connectivity index (χ4v) is 4.41. The number of nitrogens with zero attached hydrogens (tertiary/aromatic N) is 2. The van der Waals surface area contributed by atoms with Crippen molar-refractivity contribution in [3.8, 4) is 28.3 Å². The van der Waals surface area contributed by atoms with E-state index in [0.717, 1.165) is 27.7 Å². The van der Waals surface area contributed by atoms with Crippen molar-refractivity contribution in [3.63, 3.8) is 0 Å². The van der Waals surface area contributed by atoms with E-state index in [1.807, 2.05) is 26.0 Å². The van der Waals surface area contributed by atoms with E-state index in [-0.39, 0.29) is 28.5 Å². The van der Waals surface area contributed by atoms with Crippen LogP contribution in [-0.4, -0.2) is 14.7 Å². The molecule has 2 heterocycles. The molecule has 2 aromatic carbocycles. The van der Waals surface area contributed by atoms with E-state index in [1.54, 1.807) is 12.3 Å². The summed E-state index contributed by atoms with van der Waals surface area (Å²) in [5.74, 6) is -1.57. The molecule has 0 saturated carbocycles. The molecule has 33 heavy (non-hydrogen) atoms. The van der Waals surface area contributed by atoms with Crippen LogP contribution in [-0.2, 0) is 5.60 Å². The number of oxazole rings is 1. The molecule has 0 aliphatic heterocycles. The van der Waals surface area contributed by atoms with E-state index in [9.17, 15) is 18.7 Å². The van der Waals surface area contributed by atoms with Gasteiger partial charge in [0.2, 0.25) is 5.89 Å². The number of halogens is 3. The topological polar surface area (TPSA) is 68.3 Å². The molecule has 5 nitrogen and oxygen atoms in total. The highest BCUT2D eigenvalue weighted by Gasteiger charge is 2.28. The molecule has 0 amide bonds. The number of rotatable bonds is 4. The zero-order valence-corrected chi connectivity index (χ0v) is 20.0. The molecule has 1 N–H and O–H groups in total. The fraction of sp³-hybridized carbons (Fsp3) is 0.200. The predicted octanol–water partition coefficient (Wildman–Crippen LogP) is 6.04. The molecule has 0 radical (unpaired) electrons. The Kier molecular flexibility index (Phi) is 5.84. The molecule has 0 saturated heterocycles. The fourth-order valence-electron chi connectivity index (χ4n) is 3.72. The van der Waals surface area contributed by atoms with Crippen molar-refractivity contribution in [2.75, 3.05) is 0 Å². The number of aryl methyl sites for hydroxylation is 2. The first kappa shape index (κ1) is 23.1. The van der Waals surface area contributed by atoms with Gasteiger partial charge in [0, 0.05) is 28.4 Å². The van der Waals surface area contributed by atoms with Crippen molar-refractivity contribution in [1.82, 2.24) is 9.55 Å². The molecule has 2 aromatic heterocycles. The molecular weight excluding hydrogens is 494 g/mol. The quantitative estimate of drug-likeness (QED) is 0.360. The Labute approximate surface area is 197 Å². The Morgan fingerprint density at radius 3 is 2.33 bits per heavy atom. The largest absolute Gasteiger partial charge is 0.437 e. The lowest BCUT2D eigenvalue weighted by atomic mass is 10.1. The van der Waals surface area contributed by atoms with Crippen LogP contribution in [0.4, 0.5) is 8.78 Å². The third-order valence-electron chi connectivity index (χ3n) is 5.21. The lowest BCUT2D eigenvalue weighted by molar-refractivity contribution is 0.0490. The molecule has 0 aliphatic rings. The van der Waals surface area contributed by atoms with Crippen molar-refractivity contribution in [1.29, 1.82) is 0 Å². The van der Waals surface area contributed by atoms with Crippen LogP contribution in [0.5, 0.6) is 0 Å². The summed E-state index contributed by atoms with van der Waals surface area (Å²) in [6.45, 7) is 6.77. The molecule has 4 rings (SSSR count). The standard InChI is InChI=1S/C25H21BrF2N2O3/c1-13-9-16(26)10-14(2)22(13)30-12-15(5-8-20(30)31)21-23(33-24(29-21)25(3,4)32)18-7-6-17(27)11-19(18)28/h5-12,32H,1-4H3. The van der Waals surface area contributed by atoms with Crippen LogP contribution in [0.15, 0.2) is 62.3 Å². The van der Waals surface area contributed by atoms with E-state index in [4.69, 9.17) is 4.42 Å². The Bertz CT molecular complexity index is 1410. The maximum Gasteiger partial charge on any atom is 0.255 e. The lowest BCUT2D eigenvalue weighted by Gasteiger charge is -2.14. The van der Waals surface area contributed by atoms with Gasteiger partial charge >= 0.3 is 0 Å². The second-order valence-corrected chi connectivity index (χ2v) is 9.31. The smallest absolute Gasteiger partial charge is 0.255 e. The monoisotopic (exact) mass is 514 g/mol. The zero-order chi connectivity index (χ0) is 24.1. The lowest BCUT2D eigenvalue weighted by Crippen LogP contribution is -2.18. The first-order chi connectivity index (χ1) is 15.5. The van der Waals surface area contributed by atoms with Crippen LogP contribution in [0.3, 0.4) is 0 Å². The Morgan fingerprint density at radius 2 is 1.73 bits per heavy atom. The van der Waals surface area contributed by atoms with Gasteiger partial charge in [0.15, 0.2) is 5.76 Å². The second kappa shape index (κ2) is 8.35. The Balaban J connectivity index is 1.98. The summed E-state index contributed by atoms with van der Waals surface area (Å²) < 4.78 is 36.3. The third kappa shape index (κ3) is 4.41. The van der Waals surface area contributed by atoms with E-state index in [1.165, 1.54) is 30.5 Å². The zero-order valence-electron chi connectivity index (χ0n) is 18.4. The van der Waals surface area contributed by atoms with Crippen LogP contribution in [0.2, 0.25) is 0 Å². The molecule has 0 fully saturated rings. The van der Waals surface area contributed by atoms with Crippen LogP contribution in [0.25, 0.3) is 28.3 Å². The molecule has 0 bridgehead atoms. The molecular formula is C25H21BrF2N2O3. The molecule has 170 valence electrons. The third-order valence-corrected chi connectivity index (χ3v) is 5.67. The molecule has 0 atom stereocenters. The van der Waals surface area contributed by atoms with Crippen molar-refractivity contribution < 1.29 is 18.3 Å². The highest BCUT2D eigenvalue weighted by molar-refractivity contribution is 9.10. The van der Waals surface area contributed by atoms with Crippen LogP contribution in [0, 0.1) is 25.5 Å². The van der Waals surface area contributed by atoms with Crippen molar-refractivity contribution in [2.24, 2.45) is 0 Å². The minimum atomic E-state index is -1.45. The van der Waals surface area contributed by atoms with E-state index >= 15 is 0 Å². The van der Waals surface area contributed by atoms with Crippen molar-refractivity contribution in [3.05, 3.63) is 92.1 Å². The number of benzene rings is 2. The first-order valence-electron chi connectivity index (χ1n) is 10.1. The molecule has 8 heteroatoms. The highest BCUT2D eigenvalue weighted by atomic mass is 79.9. The number of aliphatic hydroxyl groups is 1. The summed E-state index contributed by atoms with van der Waals surface area (Å²) in [4.78, 5) is 17.2. The van der Waals surface area contributed by atoms with Gasteiger partial charge in [-0.05, 0) is 69.2 Å². The van der Waals surface area contributed by atoms with Crippen LogP contribution >= 0.6 is 15.9 Å². The first-order valence-corrected chi connectivity index (χ1v) is 10.9. The van der Waals surface area contributed by atoms with Gasteiger partial charge in [0.05, 0.1) is 11.3 Å². The highest BCUT2D eigenvalue weighted by Crippen LogP contribution is 2.37. The molecule has 0 spiro atoms. The predicted molar refractivity (Wildman–Crippen MR) is 125 cm³/mol. The average molecular weight is 515 g/mol. The number of hydrogen-bond acceptors (Lipinski definition) is 4. The van der Waals surface area contributed by atoms with E-state index < -0.39 is 17.2 Å². The summed E-state index contributed by atoms with van der Waals surface area (Å²) in [6, 6.07) is 9.87. The molecule has 4 aromatic rings. The Hall–Kier alpha value is -3.10. The number of pyridine rings is 1. The van der Waals surface area contributed by atoms with Crippen molar-refractivity contribution in [2.45, 2.75) is 33.3 Å². The van der Waals surface area contributed by atoms with E-state index in [0.29, 0.717) is 11.3 Å². The maximum atomic E-state index is 14.6. The summed E-state index contributed by atoms with van der Waals surface area (Å²) in [5.41, 5.74) is 1.44. The normalized spacial score (nSPS) is 11.8. The SMILES string of the molecule is Cc1cc(Br)cc(C)c1-n1cc(-c2nc(C(C)(C)O)oc2-c2ccc(F)cc2F)ccc1=O. The van der Waals surface area contributed by atoms with Gasteiger partial charge in [0.25, 0.3) is 5.56 Å². The average Bonchev–Trinajstić information content (AvgIpc) is 3.14. The van der Waals surface area contributed by atoms with Gasteiger partial charge < -0.3 is 9.52 Å². The molecule has 0 aliphatic carbocycles. The maximum absolute atomic E-state index is 14.6. The van der Waals surface area contributed by atoms with Gasteiger partial charge in [-0.3, -0.25) is 9.36 Å². The minimum absolute atomic E-state index is 0.0110. The Morgan fingerprint density at radius 1 is 1.06 bits per heavy atom. The summed E-state index contributed by atoms with van der Waals surface area (Å²) >= 11 is 3.46. The second-order valence-electron chi connectivity index (χ2n) is 8.39. The van der Waals surface area contributed by atoms with Gasteiger partial charge in [0.1, 0.15) is 22.9 Å². The summed E-state index contributed by atoms with van der Waals surface area (Å²) in [5, 5.41) is 10.4. The number of aromatic nitrogens is 2. The van der Waals surface area contributed by atoms with Gasteiger partial charge in [-0.15, -0.1) is 0 Å². The number of hydrogen-bond donors (Lipinski definition) is 1. The van der Waals surface area contributed by atoms with Gasteiger partial charge in [-0.25, -0.2) is 13.8 Å². The summed E-state index contributed by atoms with van der Waals surface area (Å²) in [6.07, 6.45) is 1.60. The van der Waals surface area contributed by atoms with Gasteiger partial charge in [-0.2, -0.15) is 0 Å². The molecule has 0 unspecified atom stereocenters. The van der Waals surface area contributed by atoms with Crippen molar-refractivity contribution >= 4 is 15.9 Å². The van der Waals surface area contributed by atoms with Crippen LogP contribution < -0.4 is 5.56 Å². The van der Waals surface area contributed by atoms with Gasteiger partial charge in [-0.1, -0.05) is 15.9 Å². The van der Waals surface area contributed by atoms with E-state index in [2.05, 4.69) is 20.9 Å².